The molecule has 1 atom stereocenters. The predicted octanol–water partition coefficient (Wildman–Crippen LogP) is 1.67. The lowest BCUT2D eigenvalue weighted by Crippen LogP contribution is -2.48. The summed E-state index contributed by atoms with van der Waals surface area (Å²) in [5.74, 6) is 0.983. The molecule has 2 aliphatic carbocycles. The van der Waals surface area contributed by atoms with Crippen LogP contribution < -0.4 is 5.32 Å². The molecule has 2 saturated carbocycles. The number of carbonyl (C=O) groups excluding carboxylic acids is 1. The third kappa shape index (κ3) is 3.17. The van der Waals surface area contributed by atoms with Crippen LogP contribution in [0.3, 0.4) is 0 Å². The summed E-state index contributed by atoms with van der Waals surface area (Å²) in [5.41, 5.74) is -0.629. The fourth-order valence-electron chi connectivity index (χ4n) is 3.72. The van der Waals surface area contributed by atoms with Crippen molar-refractivity contribution in [1.82, 2.24) is 10.2 Å². The van der Waals surface area contributed by atoms with Crippen molar-refractivity contribution < 1.29 is 9.90 Å². The highest BCUT2D eigenvalue weighted by molar-refractivity contribution is 5.84. The van der Waals surface area contributed by atoms with E-state index in [4.69, 9.17) is 0 Å². The number of nitrogens with zero attached hydrogens (tertiary/aromatic N) is 1. The van der Waals surface area contributed by atoms with Gasteiger partial charge in [-0.25, -0.2) is 0 Å². The summed E-state index contributed by atoms with van der Waals surface area (Å²) in [6, 6.07) is 0.588. The zero-order valence-electron chi connectivity index (χ0n) is 12.6. The average molecular weight is 280 g/mol. The van der Waals surface area contributed by atoms with Crippen molar-refractivity contribution in [3.05, 3.63) is 0 Å². The van der Waals surface area contributed by atoms with E-state index in [1.54, 1.807) is 0 Å². The van der Waals surface area contributed by atoms with Crippen molar-refractivity contribution >= 4 is 5.91 Å². The van der Waals surface area contributed by atoms with Gasteiger partial charge >= 0.3 is 0 Å². The molecule has 1 saturated heterocycles. The van der Waals surface area contributed by atoms with E-state index < -0.39 is 5.60 Å². The molecular formula is C16H28N2O2. The molecule has 0 radical (unpaired) electrons. The van der Waals surface area contributed by atoms with E-state index >= 15 is 0 Å². The molecule has 4 nitrogen and oxygen atoms in total. The Morgan fingerprint density at radius 3 is 2.55 bits per heavy atom. The van der Waals surface area contributed by atoms with E-state index in [0.717, 1.165) is 44.6 Å². The second kappa shape index (κ2) is 5.64. The molecule has 1 amide bonds. The first kappa shape index (κ1) is 14.3. The summed E-state index contributed by atoms with van der Waals surface area (Å²) in [7, 11) is 0. The first-order valence-electron chi connectivity index (χ1n) is 8.37. The molecule has 3 aliphatic rings. The van der Waals surface area contributed by atoms with Gasteiger partial charge in [-0.1, -0.05) is 13.3 Å². The van der Waals surface area contributed by atoms with Gasteiger partial charge in [0, 0.05) is 19.1 Å². The lowest BCUT2D eigenvalue weighted by atomic mass is 9.77. The number of amides is 1. The second-order valence-corrected chi connectivity index (χ2v) is 7.12. The van der Waals surface area contributed by atoms with Crippen molar-refractivity contribution in [2.45, 2.75) is 76.0 Å². The molecule has 0 aromatic carbocycles. The Morgan fingerprint density at radius 2 is 1.95 bits per heavy atom. The van der Waals surface area contributed by atoms with Crippen LogP contribution in [0.25, 0.3) is 0 Å². The van der Waals surface area contributed by atoms with E-state index in [9.17, 15) is 9.90 Å². The van der Waals surface area contributed by atoms with E-state index in [-0.39, 0.29) is 11.9 Å². The van der Waals surface area contributed by atoms with Crippen molar-refractivity contribution in [3.8, 4) is 0 Å². The van der Waals surface area contributed by atoms with E-state index in [2.05, 4.69) is 12.2 Å². The molecule has 20 heavy (non-hydrogen) atoms. The summed E-state index contributed by atoms with van der Waals surface area (Å²) in [6.07, 6.45) is 8.48. The largest absolute Gasteiger partial charge is 0.388 e. The number of β-amino-alcohol motifs (C(OH)–C–C–N with tert-alkyl or cyclic N) is 1. The molecule has 1 heterocycles. The van der Waals surface area contributed by atoms with E-state index in [1.165, 1.54) is 19.3 Å². The Bertz CT molecular complexity index is 359. The van der Waals surface area contributed by atoms with Crippen LogP contribution in [0.1, 0.15) is 58.3 Å². The van der Waals surface area contributed by atoms with Crippen LogP contribution in [-0.4, -0.2) is 46.7 Å². The maximum atomic E-state index is 12.4. The third-order valence-corrected chi connectivity index (χ3v) is 5.41. The van der Waals surface area contributed by atoms with Crippen molar-refractivity contribution in [1.29, 1.82) is 0 Å². The number of nitrogens with one attached hydrogen (secondary N) is 1. The average Bonchev–Trinajstić information content (AvgIpc) is 3.20. The van der Waals surface area contributed by atoms with Crippen LogP contribution >= 0.6 is 0 Å². The molecule has 3 fully saturated rings. The molecule has 1 aliphatic heterocycles. The Balaban J connectivity index is 1.51. The molecule has 4 heteroatoms. The topological polar surface area (TPSA) is 52.6 Å². The Hall–Kier alpha value is -0.610. The monoisotopic (exact) mass is 280 g/mol. The minimum atomic E-state index is -0.629. The lowest BCUT2D eigenvalue weighted by molar-refractivity contribution is -0.133. The fourth-order valence-corrected chi connectivity index (χ4v) is 3.72. The van der Waals surface area contributed by atoms with Crippen LogP contribution in [0.5, 0.6) is 0 Å². The fraction of sp³-hybridized carbons (Fsp3) is 0.938. The zero-order chi connectivity index (χ0) is 14.2. The van der Waals surface area contributed by atoms with Gasteiger partial charge in [-0.05, 0) is 50.9 Å². The van der Waals surface area contributed by atoms with Gasteiger partial charge in [-0.15, -0.1) is 0 Å². The van der Waals surface area contributed by atoms with Gasteiger partial charge in [-0.2, -0.15) is 0 Å². The lowest BCUT2D eigenvalue weighted by Gasteiger charge is -2.38. The summed E-state index contributed by atoms with van der Waals surface area (Å²) < 4.78 is 0. The Kier molecular flexibility index (Phi) is 4.04. The van der Waals surface area contributed by atoms with Crippen LogP contribution in [0.4, 0.5) is 0 Å². The van der Waals surface area contributed by atoms with Gasteiger partial charge in [0.1, 0.15) is 0 Å². The molecule has 114 valence electrons. The van der Waals surface area contributed by atoms with Crippen LogP contribution in [-0.2, 0) is 4.79 Å². The van der Waals surface area contributed by atoms with Gasteiger partial charge in [0.05, 0.1) is 11.6 Å². The highest BCUT2D eigenvalue weighted by atomic mass is 16.3. The molecule has 1 unspecified atom stereocenters. The molecule has 0 spiro atoms. The highest BCUT2D eigenvalue weighted by Gasteiger charge is 2.40. The number of rotatable bonds is 5. The molecule has 2 N–H and O–H groups in total. The number of hydrogen-bond acceptors (Lipinski definition) is 3. The Labute approximate surface area is 121 Å². The first-order chi connectivity index (χ1) is 9.59. The zero-order valence-corrected chi connectivity index (χ0v) is 12.6. The van der Waals surface area contributed by atoms with Gasteiger partial charge in [0.25, 0.3) is 0 Å². The summed E-state index contributed by atoms with van der Waals surface area (Å²) in [4.78, 5) is 14.3. The smallest absolute Gasteiger partial charge is 0.239 e. The van der Waals surface area contributed by atoms with Gasteiger partial charge in [0.15, 0.2) is 0 Å². The Morgan fingerprint density at radius 1 is 1.25 bits per heavy atom. The molecular weight excluding hydrogens is 252 g/mol. The number of hydrogen-bond donors (Lipinski definition) is 2. The summed E-state index contributed by atoms with van der Waals surface area (Å²) in [5, 5.41) is 14.2. The SMILES string of the molecule is CCC1CCC(O)(CN2CCC(NC3CC3)C2=O)CC1. The van der Waals surface area contributed by atoms with Crippen molar-refractivity contribution in [2.75, 3.05) is 13.1 Å². The van der Waals surface area contributed by atoms with Crippen LogP contribution in [0, 0.1) is 5.92 Å². The van der Waals surface area contributed by atoms with Crippen LogP contribution in [0.15, 0.2) is 0 Å². The quantitative estimate of drug-likeness (QED) is 0.805. The number of likely N-dealkylation sites (tertiary alicyclic amines) is 1. The molecule has 0 bridgehead atoms. The van der Waals surface area contributed by atoms with Gasteiger partial charge in [0.2, 0.25) is 5.91 Å². The van der Waals surface area contributed by atoms with Gasteiger partial charge < -0.3 is 15.3 Å². The van der Waals surface area contributed by atoms with E-state index in [0.29, 0.717) is 12.6 Å². The summed E-state index contributed by atoms with van der Waals surface area (Å²) >= 11 is 0. The molecule has 0 aromatic rings. The van der Waals surface area contributed by atoms with E-state index in [1.807, 2.05) is 4.90 Å². The summed E-state index contributed by atoms with van der Waals surface area (Å²) in [6.45, 7) is 3.58. The number of aliphatic hydroxyl groups is 1. The van der Waals surface area contributed by atoms with Gasteiger partial charge in [-0.3, -0.25) is 4.79 Å². The molecule has 3 rings (SSSR count). The van der Waals surface area contributed by atoms with Crippen LogP contribution in [0.2, 0.25) is 0 Å². The highest BCUT2D eigenvalue weighted by Crippen LogP contribution is 2.35. The minimum absolute atomic E-state index is 0.0121. The second-order valence-electron chi connectivity index (χ2n) is 7.12. The minimum Gasteiger partial charge on any atom is -0.388 e. The van der Waals surface area contributed by atoms with Crippen molar-refractivity contribution in [2.24, 2.45) is 5.92 Å². The first-order valence-corrected chi connectivity index (χ1v) is 8.37. The maximum absolute atomic E-state index is 12.4. The molecule has 0 aromatic heterocycles. The standard InChI is InChI=1S/C16H28N2O2/c1-2-12-5-8-16(20,9-6-12)11-18-10-7-14(15(18)19)17-13-3-4-13/h12-14,17,20H,2-11H2,1H3. The third-order valence-electron chi connectivity index (χ3n) is 5.41. The number of carbonyl (C=O) groups is 1. The maximum Gasteiger partial charge on any atom is 0.239 e. The normalized spacial score (nSPS) is 38.5. The van der Waals surface area contributed by atoms with Crippen molar-refractivity contribution in [3.63, 3.8) is 0 Å². The predicted molar refractivity (Wildman–Crippen MR) is 78.3 cm³/mol.